The van der Waals surface area contributed by atoms with Crippen molar-refractivity contribution in [3.63, 3.8) is 0 Å². The maximum absolute atomic E-state index is 11.3. The van der Waals surface area contributed by atoms with Crippen LogP contribution in [0.25, 0.3) is 0 Å². The molecule has 0 spiro atoms. The maximum Gasteiger partial charge on any atom is 0.335 e. The predicted octanol–water partition coefficient (Wildman–Crippen LogP) is 0.803. The monoisotopic (exact) mass is 213 g/mol. The molecule has 0 saturated carbocycles. The SMILES string of the molecule is COC(=O)C1CC(N2CCCCC2)CO1. The number of nitrogens with zero attached hydrogens (tertiary/aromatic N) is 1. The van der Waals surface area contributed by atoms with Gasteiger partial charge in [-0.15, -0.1) is 0 Å². The van der Waals surface area contributed by atoms with E-state index in [2.05, 4.69) is 9.64 Å². The summed E-state index contributed by atoms with van der Waals surface area (Å²) in [5.74, 6) is -0.227. The zero-order valence-corrected chi connectivity index (χ0v) is 9.28. The molecular formula is C11H19NO3. The van der Waals surface area contributed by atoms with E-state index >= 15 is 0 Å². The Kier molecular flexibility index (Phi) is 3.59. The van der Waals surface area contributed by atoms with Gasteiger partial charge in [0.05, 0.1) is 13.7 Å². The molecule has 15 heavy (non-hydrogen) atoms. The molecular weight excluding hydrogens is 194 g/mol. The van der Waals surface area contributed by atoms with Crippen LogP contribution in [0.3, 0.4) is 0 Å². The number of carbonyl (C=O) groups is 1. The molecule has 0 amide bonds. The molecule has 2 fully saturated rings. The second-order valence-electron chi connectivity index (χ2n) is 4.33. The van der Waals surface area contributed by atoms with Gasteiger partial charge in [-0.3, -0.25) is 4.90 Å². The van der Waals surface area contributed by atoms with Crippen LogP contribution >= 0.6 is 0 Å². The highest BCUT2D eigenvalue weighted by Crippen LogP contribution is 2.22. The van der Waals surface area contributed by atoms with E-state index < -0.39 is 0 Å². The van der Waals surface area contributed by atoms with Crippen molar-refractivity contribution in [1.29, 1.82) is 0 Å². The number of carbonyl (C=O) groups excluding carboxylic acids is 1. The molecule has 0 N–H and O–H groups in total. The van der Waals surface area contributed by atoms with Gasteiger partial charge in [0.25, 0.3) is 0 Å². The van der Waals surface area contributed by atoms with Gasteiger partial charge >= 0.3 is 5.97 Å². The van der Waals surface area contributed by atoms with Crippen LogP contribution in [0.4, 0.5) is 0 Å². The number of ether oxygens (including phenoxy) is 2. The minimum absolute atomic E-state index is 0.227. The van der Waals surface area contributed by atoms with Gasteiger partial charge in [0.1, 0.15) is 0 Å². The number of methoxy groups -OCH3 is 1. The van der Waals surface area contributed by atoms with Gasteiger partial charge in [0, 0.05) is 12.5 Å². The molecule has 0 bridgehead atoms. The molecule has 0 aliphatic carbocycles. The van der Waals surface area contributed by atoms with Crippen molar-refractivity contribution in [1.82, 2.24) is 4.90 Å². The Morgan fingerprint density at radius 1 is 1.33 bits per heavy atom. The average Bonchev–Trinajstić information content (AvgIpc) is 2.78. The summed E-state index contributed by atoms with van der Waals surface area (Å²) >= 11 is 0. The van der Waals surface area contributed by atoms with Gasteiger partial charge in [-0.05, 0) is 25.9 Å². The van der Waals surface area contributed by atoms with Crippen molar-refractivity contribution >= 4 is 5.97 Å². The van der Waals surface area contributed by atoms with E-state index in [1.165, 1.54) is 26.4 Å². The predicted molar refractivity (Wildman–Crippen MR) is 55.6 cm³/mol. The summed E-state index contributed by atoms with van der Waals surface area (Å²) in [5, 5.41) is 0. The molecule has 2 rings (SSSR count). The number of hydrogen-bond donors (Lipinski definition) is 0. The second-order valence-corrected chi connectivity index (χ2v) is 4.33. The van der Waals surface area contributed by atoms with E-state index in [-0.39, 0.29) is 12.1 Å². The third-order valence-electron chi connectivity index (χ3n) is 3.35. The van der Waals surface area contributed by atoms with Crippen LogP contribution in [-0.4, -0.2) is 49.8 Å². The van der Waals surface area contributed by atoms with E-state index in [1.54, 1.807) is 0 Å². The minimum atomic E-state index is -0.332. The lowest BCUT2D eigenvalue weighted by Crippen LogP contribution is -2.39. The largest absolute Gasteiger partial charge is 0.467 e. The lowest BCUT2D eigenvalue weighted by Gasteiger charge is -2.31. The van der Waals surface area contributed by atoms with Crippen molar-refractivity contribution < 1.29 is 14.3 Å². The zero-order chi connectivity index (χ0) is 10.7. The molecule has 0 radical (unpaired) electrons. The van der Waals surface area contributed by atoms with E-state index in [1.807, 2.05) is 0 Å². The highest BCUT2D eigenvalue weighted by Gasteiger charge is 2.35. The molecule has 2 saturated heterocycles. The fourth-order valence-electron chi connectivity index (χ4n) is 2.44. The maximum atomic E-state index is 11.3. The third-order valence-corrected chi connectivity index (χ3v) is 3.35. The first kappa shape index (κ1) is 10.9. The Hall–Kier alpha value is -0.610. The van der Waals surface area contributed by atoms with Crippen molar-refractivity contribution in [2.75, 3.05) is 26.8 Å². The van der Waals surface area contributed by atoms with Crippen LogP contribution in [0.2, 0.25) is 0 Å². The Balaban J connectivity index is 1.83. The lowest BCUT2D eigenvalue weighted by molar-refractivity contribution is -0.151. The van der Waals surface area contributed by atoms with Gasteiger partial charge in [-0.25, -0.2) is 4.79 Å². The normalized spacial score (nSPS) is 32.9. The number of rotatable bonds is 2. The third kappa shape index (κ3) is 2.49. The van der Waals surface area contributed by atoms with E-state index in [9.17, 15) is 4.79 Å². The Labute approximate surface area is 90.5 Å². The molecule has 2 unspecified atom stereocenters. The summed E-state index contributed by atoms with van der Waals surface area (Å²) in [4.78, 5) is 13.7. The minimum Gasteiger partial charge on any atom is -0.467 e. The number of esters is 1. The van der Waals surface area contributed by atoms with Crippen LogP contribution in [0.1, 0.15) is 25.7 Å². The van der Waals surface area contributed by atoms with Crippen molar-refractivity contribution in [2.45, 2.75) is 37.8 Å². The summed E-state index contributed by atoms with van der Waals surface area (Å²) in [7, 11) is 1.42. The highest BCUT2D eigenvalue weighted by atomic mass is 16.6. The van der Waals surface area contributed by atoms with Gasteiger partial charge in [-0.2, -0.15) is 0 Å². The Morgan fingerprint density at radius 2 is 2.07 bits per heavy atom. The van der Waals surface area contributed by atoms with Crippen LogP contribution in [0.15, 0.2) is 0 Å². The molecule has 2 aliphatic rings. The summed E-state index contributed by atoms with van der Waals surface area (Å²) in [6.45, 7) is 2.99. The first-order chi connectivity index (χ1) is 7.31. The number of likely N-dealkylation sites (tertiary alicyclic amines) is 1. The summed E-state index contributed by atoms with van der Waals surface area (Å²) < 4.78 is 10.1. The topological polar surface area (TPSA) is 38.8 Å². The average molecular weight is 213 g/mol. The zero-order valence-electron chi connectivity index (χ0n) is 9.28. The molecule has 0 aromatic rings. The van der Waals surface area contributed by atoms with Crippen LogP contribution in [-0.2, 0) is 14.3 Å². The van der Waals surface area contributed by atoms with Crippen molar-refractivity contribution in [3.05, 3.63) is 0 Å². The first-order valence-electron chi connectivity index (χ1n) is 5.74. The first-order valence-corrected chi connectivity index (χ1v) is 5.74. The summed E-state index contributed by atoms with van der Waals surface area (Å²) in [6, 6.07) is 0.425. The molecule has 0 aromatic carbocycles. The fourth-order valence-corrected chi connectivity index (χ4v) is 2.44. The van der Waals surface area contributed by atoms with Gasteiger partial charge in [-0.1, -0.05) is 6.42 Å². The molecule has 86 valence electrons. The van der Waals surface area contributed by atoms with Gasteiger partial charge in [0.2, 0.25) is 0 Å². The van der Waals surface area contributed by atoms with Crippen LogP contribution in [0.5, 0.6) is 0 Å². The van der Waals surface area contributed by atoms with Gasteiger partial charge in [0.15, 0.2) is 6.10 Å². The molecule has 4 nitrogen and oxygen atoms in total. The highest BCUT2D eigenvalue weighted by molar-refractivity contribution is 5.74. The standard InChI is InChI=1S/C11H19NO3/c1-14-11(13)10-7-9(8-15-10)12-5-3-2-4-6-12/h9-10H,2-8H2,1H3. The number of piperidine rings is 1. The molecule has 2 atom stereocenters. The Morgan fingerprint density at radius 3 is 2.73 bits per heavy atom. The van der Waals surface area contributed by atoms with Crippen molar-refractivity contribution in [3.8, 4) is 0 Å². The summed E-state index contributed by atoms with van der Waals surface area (Å²) in [5.41, 5.74) is 0. The van der Waals surface area contributed by atoms with E-state index in [0.717, 1.165) is 19.5 Å². The smallest absolute Gasteiger partial charge is 0.335 e. The lowest BCUT2D eigenvalue weighted by atomic mass is 10.1. The van der Waals surface area contributed by atoms with E-state index in [4.69, 9.17) is 4.74 Å². The molecule has 2 heterocycles. The number of hydrogen-bond acceptors (Lipinski definition) is 4. The van der Waals surface area contributed by atoms with Crippen molar-refractivity contribution in [2.24, 2.45) is 0 Å². The Bertz CT molecular complexity index is 226. The van der Waals surface area contributed by atoms with Crippen LogP contribution < -0.4 is 0 Å². The molecule has 2 aliphatic heterocycles. The van der Waals surface area contributed by atoms with E-state index in [0.29, 0.717) is 12.6 Å². The molecule has 4 heteroatoms. The quantitative estimate of drug-likeness (QED) is 0.636. The summed E-state index contributed by atoms with van der Waals surface area (Å²) in [6.07, 6.45) is 4.36. The second kappa shape index (κ2) is 4.94. The fraction of sp³-hybridized carbons (Fsp3) is 0.909. The van der Waals surface area contributed by atoms with Crippen LogP contribution in [0, 0.1) is 0 Å². The van der Waals surface area contributed by atoms with Gasteiger partial charge < -0.3 is 9.47 Å². The molecule has 0 aromatic heterocycles.